The van der Waals surface area contributed by atoms with Crippen LogP contribution in [-0.2, 0) is 6.42 Å². The van der Waals surface area contributed by atoms with Crippen molar-refractivity contribution in [1.29, 1.82) is 0 Å². The van der Waals surface area contributed by atoms with E-state index in [2.05, 4.69) is 5.32 Å². The lowest BCUT2D eigenvalue weighted by molar-refractivity contribution is 0.0883. The Kier molecular flexibility index (Phi) is 4.37. The Morgan fingerprint density at radius 2 is 2.12 bits per heavy atom. The average Bonchev–Trinajstić information content (AvgIpc) is 2.35. The molecule has 2 N–H and O–H groups in total. The first-order valence-corrected chi connectivity index (χ1v) is 6.38. The van der Waals surface area contributed by atoms with Gasteiger partial charge in [0.2, 0.25) is 0 Å². The molecule has 0 radical (unpaired) electrons. The topological polar surface area (TPSA) is 32.3 Å². The van der Waals surface area contributed by atoms with Crippen molar-refractivity contribution in [2.24, 2.45) is 5.92 Å². The highest BCUT2D eigenvalue weighted by atomic mass is 35.5. The summed E-state index contributed by atoms with van der Waals surface area (Å²) in [6.07, 6.45) is 1.67. The van der Waals surface area contributed by atoms with Crippen LogP contribution in [0.2, 0.25) is 5.02 Å². The summed E-state index contributed by atoms with van der Waals surface area (Å²) in [7, 11) is 0. The second-order valence-corrected chi connectivity index (χ2v) is 4.97. The third-order valence-corrected chi connectivity index (χ3v) is 3.76. The Hall–Kier alpha value is -0.640. The molecule has 0 aliphatic carbocycles. The summed E-state index contributed by atoms with van der Waals surface area (Å²) in [4.78, 5) is 0. The maximum atomic E-state index is 13.6. The molecule has 0 aromatic heterocycles. The van der Waals surface area contributed by atoms with Crippen LogP contribution in [0.4, 0.5) is 4.39 Å². The van der Waals surface area contributed by atoms with Crippen LogP contribution in [0.3, 0.4) is 0 Å². The zero-order chi connectivity index (χ0) is 12.3. The van der Waals surface area contributed by atoms with Crippen LogP contribution in [-0.4, -0.2) is 24.3 Å². The molecule has 0 saturated carbocycles. The van der Waals surface area contributed by atoms with Crippen molar-refractivity contribution in [2.75, 3.05) is 13.1 Å². The van der Waals surface area contributed by atoms with Crippen molar-refractivity contribution in [3.05, 3.63) is 34.6 Å². The molecule has 1 aliphatic rings. The predicted octanol–water partition coefficient (Wildman–Crippen LogP) is 2.38. The molecule has 0 bridgehead atoms. The molecule has 1 saturated heterocycles. The van der Waals surface area contributed by atoms with E-state index in [1.165, 1.54) is 6.07 Å². The molecule has 17 heavy (non-hydrogen) atoms. The number of aliphatic hydroxyl groups excluding tert-OH is 1. The molecule has 1 atom stereocenters. The molecule has 0 amide bonds. The van der Waals surface area contributed by atoms with Gasteiger partial charge >= 0.3 is 0 Å². The fourth-order valence-corrected chi connectivity index (χ4v) is 2.57. The van der Waals surface area contributed by atoms with Crippen molar-refractivity contribution < 1.29 is 9.50 Å². The van der Waals surface area contributed by atoms with Gasteiger partial charge in [0.15, 0.2) is 0 Å². The normalized spacial score (nSPS) is 19.2. The third-order valence-electron chi connectivity index (χ3n) is 3.40. The number of hydrogen-bond acceptors (Lipinski definition) is 2. The SMILES string of the molecule is OC(Cc1c(F)cccc1Cl)C1CCNCC1. The maximum Gasteiger partial charge on any atom is 0.127 e. The van der Waals surface area contributed by atoms with Crippen LogP contribution in [0, 0.1) is 11.7 Å². The molecule has 1 aliphatic heterocycles. The summed E-state index contributed by atoms with van der Waals surface area (Å²) in [6, 6.07) is 4.63. The zero-order valence-corrected chi connectivity index (χ0v) is 10.4. The summed E-state index contributed by atoms with van der Waals surface area (Å²) in [5.74, 6) is -0.0857. The standard InChI is InChI=1S/C13H17ClFNO/c14-11-2-1-3-12(15)10(11)8-13(17)9-4-6-16-7-5-9/h1-3,9,13,16-17H,4-8H2. The number of hydrogen-bond donors (Lipinski definition) is 2. The minimum Gasteiger partial charge on any atom is -0.392 e. The smallest absolute Gasteiger partial charge is 0.127 e. The van der Waals surface area contributed by atoms with E-state index >= 15 is 0 Å². The fraction of sp³-hybridized carbons (Fsp3) is 0.538. The largest absolute Gasteiger partial charge is 0.392 e. The van der Waals surface area contributed by atoms with E-state index in [1.54, 1.807) is 12.1 Å². The molecule has 1 aromatic carbocycles. The highest BCUT2D eigenvalue weighted by molar-refractivity contribution is 6.31. The summed E-state index contributed by atoms with van der Waals surface area (Å²) in [6.45, 7) is 1.85. The summed E-state index contributed by atoms with van der Waals surface area (Å²) in [5, 5.41) is 13.8. The Labute approximate surface area is 106 Å². The van der Waals surface area contributed by atoms with Crippen molar-refractivity contribution >= 4 is 11.6 Å². The van der Waals surface area contributed by atoms with Crippen LogP contribution in [0.5, 0.6) is 0 Å². The lowest BCUT2D eigenvalue weighted by atomic mass is 9.88. The third kappa shape index (κ3) is 3.18. The lowest BCUT2D eigenvalue weighted by Gasteiger charge is -2.27. The molecule has 1 unspecified atom stereocenters. The van der Waals surface area contributed by atoms with Gasteiger partial charge in [-0.3, -0.25) is 0 Å². The van der Waals surface area contributed by atoms with Gasteiger partial charge in [0.05, 0.1) is 6.10 Å². The van der Waals surface area contributed by atoms with Gasteiger partial charge in [-0.2, -0.15) is 0 Å². The maximum absolute atomic E-state index is 13.6. The number of halogens is 2. The Morgan fingerprint density at radius 1 is 1.41 bits per heavy atom. The van der Waals surface area contributed by atoms with Gasteiger partial charge in [-0.25, -0.2) is 4.39 Å². The van der Waals surface area contributed by atoms with Crippen molar-refractivity contribution in [2.45, 2.75) is 25.4 Å². The van der Waals surface area contributed by atoms with Gasteiger partial charge < -0.3 is 10.4 Å². The van der Waals surface area contributed by atoms with Crippen LogP contribution in [0.25, 0.3) is 0 Å². The van der Waals surface area contributed by atoms with Gasteiger partial charge in [0.25, 0.3) is 0 Å². The number of piperidine rings is 1. The minimum atomic E-state index is -0.508. The molecule has 1 heterocycles. The van der Waals surface area contributed by atoms with E-state index in [-0.39, 0.29) is 11.7 Å². The quantitative estimate of drug-likeness (QED) is 0.872. The molecule has 0 spiro atoms. The van der Waals surface area contributed by atoms with E-state index in [0.717, 1.165) is 25.9 Å². The average molecular weight is 258 g/mol. The van der Waals surface area contributed by atoms with Crippen molar-refractivity contribution in [3.8, 4) is 0 Å². The van der Waals surface area contributed by atoms with Gasteiger partial charge in [-0.1, -0.05) is 17.7 Å². The second kappa shape index (κ2) is 5.80. The highest BCUT2D eigenvalue weighted by Gasteiger charge is 2.23. The van der Waals surface area contributed by atoms with Crippen molar-refractivity contribution in [1.82, 2.24) is 5.32 Å². The van der Waals surface area contributed by atoms with Crippen LogP contribution >= 0.6 is 11.6 Å². The Balaban J connectivity index is 2.04. The second-order valence-electron chi connectivity index (χ2n) is 4.56. The number of benzene rings is 1. The summed E-state index contributed by atoms with van der Waals surface area (Å²) < 4.78 is 13.6. The van der Waals surface area contributed by atoms with Gasteiger partial charge in [-0.15, -0.1) is 0 Å². The molecule has 1 aromatic rings. The lowest BCUT2D eigenvalue weighted by Crippen LogP contribution is -2.35. The number of aliphatic hydroxyl groups is 1. The van der Waals surface area contributed by atoms with Gasteiger partial charge in [-0.05, 0) is 44.0 Å². The monoisotopic (exact) mass is 257 g/mol. The first-order valence-electron chi connectivity index (χ1n) is 6.00. The first kappa shape index (κ1) is 12.8. The van der Waals surface area contributed by atoms with E-state index in [4.69, 9.17) is 11.6 Å². The molecular formula is C13H17ClFNO. The summed E-state index contributed by atoms with van der Waals surface area (Å²) in [5.41, 5.74) is 0.431. The van der Waals surface area contributed by atoms with Gasteiger partial charge in [0.1, 0.15) is 5.82 Å². The molecular weight excluding hydrogens is 241 g/mol. The van der Waals surface area contributed by atoms with Crippen LogP contribution < -0.4 is 5.32 Å². The van der Waals surface area contributed by atoms with Crippen LogP contribution in [0.1, 0.15) is 18.4 Å². The minimum absolute atomic E-state index is 0.243. The number of nitrogens with one attached hydrogen (secondary N) is 1. The molecule has 2 rings (SSSR count). The summed E-state index contributed by atoms with van der Waals surface area (Å²) >= 11 is 5.95. The van der Waals surface area contributed by atoms with Crippen LogP contribution in [0.15, 0.2) is 18.2 Å². The van der Waals surface area contributed by atoms with E-state index in [1.807, 2.05) is 0 Å². The Morgan fingerprint density at radius 3 is 2.76 bits per heavy atom. The van der Waals surface area contributed by atoms with Crippen molar-refractivity contribution in [3.63, 3.8) is 0 Å². The van der Waals surface area contributed by atoms with Gasteiger partial charge in [0, 0.05) is 17.0 Å². The number of rotatable bonds is 3. The highest BCUT2D eigenvalue weighted by Crippen LogP contribution is 2.25. The molecule has 2 nitrogen and oxygen atoms in total. The molecule has 1 fully saturated rings. The fourth-order valence-electron chi connectivity index (χ4n) is 2.33. The molecule has 94 valence electrons. The molecule has 4 heteroatoms. The first-order chi connectivity index (χ1) is 8.18. The zero-order valence-electron chi connectivity index (χ0n) is 9.63. The van der Waals surface area contributed by atoms with E-state index in [9.17, 15) is 9.50 Å². The van der Waals surface area contributed by atoms with E-state index < -0.39 is 6.10 Å². The predicted molar refractivity (Wildman–Crippen MR) is 66.7 cm³/mol. The van der Waals surface area contributed by atoms with E-state index in [0.29, 0.717) is 17.0 Å². The Bertz CT molecular complexity index is 359.